The molecule has 1 atom stereocenters. The molecule has 122 valence electrons. The maximum Gasteiger partial charge on any atom is 0.340 e. The molecule has 8 heteroatoms. The summed E-state index contributed by atoms with van der Waals surface area (Å²) < 4.78 is 5.73. The standard InChI is InChI=1S/C15H16ClN3O4/c1-9(20)7-17-11-8-18-19(14(21)13(11)16)12-6-4-3-5-10(12)15(22)23-2/h3-6,8-9,17,20H,7H2,1-2H3/t9-/m1/s1. The van der Waals surface area contributed by atoms with E-state index in [0.29, 0.717) is 5.69 Å². The normalized spacial score (nSPS) is 11.8. The van der Waals surface area contributed by atoms with Crippen molar-refractivity contribution in [2.75, 3.05) is 19.0 Å². The minimum atomic E-state index is -0.603. The zero-order chi connectivity index (χ0) is 17.0. The fourth-order valence-corrected chi connectivity index (χ4v) is 2.12. The lowest BCUT2D eigenvalue weighted by Gasteiger charge is -2.13. The van der Waals surface area contributed by atoms with Crippen molar-refractivity contribution in [2.45, 2.75) is 13.0 Å². The highest BCUT2D eigenvalue weighted by atomic mass is 35.5. The van der Waals surface area contributed by atoms with Crippen molar-refractivity contribution in [1.82, 2.24) is 9.78 Å². The van der Waals surface area contributed by atoms with Crippen molar-refractivity contribution < 1.29 is 14.6 Å². The maximum absolute atomic E-state index is 12.4. The molecular formula is C15H16ClN3O4. The fourth-order valence-electron chi connectivity index (χ4n) is 1.93. The molecule has 0 aliphatic rings. The molecule has 23 heavy (non-hydrogen) atoms. The Morgan fingerprint density at radius 3 is 2.83 bits per heavy atom. The Balaban J connectivity index is 2.49. The van der Waals surface area contributed by atoms with Crippen molar-refractivity contribution in [3.8, 4) is 5.69 Å². The summed E-state index contributed by atoms with van der Waals surface area (Å²) in [5, 5.41) is 16.1. The number of halogens is 1. The van der Waals surface area contributed by atoms with Crippen LogP contribution in [0.3, 0.4) is 0 Å². The first-order valence-corrected chi connectivity index (χ1v) is 7.21. The average Bonchev–Trinajstić information content (AvgIpc) is 2.55. The summed E-state index contributed by atoms with van der Waals surface area (Å²) in [5.74, 6) is -0.582. The van der Waals surface area contributed by atoms with E-state index in [-0.39, 0.29) is 22.8 Å². The van der Waals surface area contributed by atoms with Crippen molar-refractivity contribution in [3.05, 3.63) is 51.4 Å². The van der Waals surface area contributed by atoms with Gasteiger partial charge in [-0.25, -0.2) is 4.79 Å². The van der Waals surface area contributed by atoms with Gasteiger partial charge >= 0.3 is 5.97 Å². The average molecular weight is 338 g/mol. The van der Waals surface area contributed by atoms with E-state index >= 15 is 0 Å². The number of aliphatic hydroxyl groups excluding tert-OH is 1. The van der Waals surface area contributed by atoms with E-state index in [1.807, 2.05) is 0 Å². The number of benzene rings is 1. The van der Waals surface area contributed by atoms with E-state index in [1.165, 1.54) is 19.4 Å². The molecule has 0 saturated heterocycles. The largest absolute Gasteiger partial charge is 0.465 e. The summed E-state index contributed by atoms with van der Waals surface area (Å²) in [6.07, 6.45) is 0.758. The van der Waals surface area contributed by atoms with E-state index in [2.05, 4.69) is 10.4 Å². The zero-order valence-corrected chi connectivity index (χ0v) is 13.4. The lowest BCUT2D eigenvalue weighted by atomic mass is 10.2. The van der Waals surface area contributed by atoms with Gasteiger partial charge in [-0.15, -0.1) is 0 Å². The van der Waals surface area contributed by atoms with Crippen LogP contribution in [0.25, 0.3) is 5.69 Å². The molecule has 2 N–H and O–H groups in total. The van der Waals surface area contributed by atoms with Crippen LogP contribution >= 0.6 is 11.6 Å². The number of carbonyl (C=O) groups excluding carboxylic acids is 1. The highest BCUT2D eigenvalue weighted by molar-refractivity contribution is 6.32. The third-order valence-electron chi connectivity index (χ3n) is 3.04. The molecule has 0 spiro atoms. The van der Waals surface area contributed by atoms with E-state index in [1.54, 1.807) is 25.1 Å². The second-order valence-corrected chi connectivity index (χ2v) is 5.21. The molecule has 0 aliphatic heterocycles. The van der Waals surface area contributed by atoms with Gasteiger partial charge < -0.3 is 15.2 Å². The Morgan fingerprint density at radius 1 is 1.48 bits per heavy atom. The highest BCUT2D eigenvalue weighted by Crippen LogP contribution is 2.18. The molecule has 0 radical (unpaired) electrons. The van der Waals surface area contributed by atoms with Crippen LogP contribution in [0, 0.1) is 0 Å². The predicted molar refractivity (Wildman–Crippen MR) is 86.4 cm³/mol. The summed E-state index contributed by atoms with van der Waals surface area (Å²) in [5.41, 5.74) is 0.196. The van der Waals surface area contributed by atoms with E-state index < -0.39 is 17.6 Å². The quantitative estimate of drug-likeness (QED) is 0.802. The van der Waals surface area contributed by atoms with Crippen LogP contribution in [0.15, 0.2) is 35.3 Å². The van der Waals surface area contributed by atoms with Crippen LogP contribution in [-0.4, -0.2) is 40.6 Å². The molecule has 0 bridgehead atoms. The third kappa shape index (κ3) is 3.69. The lowest BCUT2D eigenvalue weighted by molar-refractivity contribution is 0.0600. The van der Waals surface area contributed by atoms with E-state index in [0.717, 1.165) is 4.68 Å². The number of para-hydroxylation sites is 1. The number of aromatic nitrogens is 2. The summed E-state index contributed by atoms with van der Waals surface area (Å²) in [6.45, 7) is 1.83. The molecule has 2 rings (SSSR count). The monoisotopic (exact) mass is 337 g/mol. The lowest BCUT2D eigenvalue weighted by Crippen LogP contribution is -2.25. The smallest absolute Gasteiger partial charge is 0.340 e. The topological polar surface area (TPSA) is 93.5 Å². The Bertz CT molecular complexity index is 774. The number of aliphatic hydroxyl groups is 1. The summed E-state index contributed by atoms with van der Waals surface area (Å²) in [6, 6.07) is 6.42. The minimum Gasteiger partial charge on any atom is -0.465 e. The zero-order valence-electron chi connectivity index (χ0n) is 12.6. The van der Waals surface area contributed by atoms with Crippen molar-refractivity contribution in [1.29, 1.82) is 0 Å². The molecule has 1 aromatic carbocycles. The van der Waals surface area contributed by atoms with E-state index in [4.69, 9.17) is 16.3 Å². The summed E-state index contributed by atoms with van der Waals surface area (Å²) >= 11 is 6.06. The van der Waals surface area contributed by atoms with Crippen molar-refractivity contribution >= 4 is 23.3 Å². The molecule has 1 aromatic heterocycles. The molecule has 0 aliphatic carbocycles. The SMILES string of the molecule is COC(=O)c1ccccc1-n1ncc(NC[C@@H](C)O)c(Cl)c1=O. The first-order valence-electron chi connectivity index (χ1n) is 6.83. The van der Waals surface area contributed by atoms with Crippen LogP contribution in [-0.2, 0) is 4.74 Å². The fraction of sp³-hybridized carbons (Fsp3) is 0.267. The Hall–Kier alpha value is -2.38. The first kappa shape index (κ1) is 17.0. The third-order valence-corrected chi connectivity index (χ3v) is 3.41. The second kappa shape index (κ2) is 7.26. The van der Waals surface area contributed by atoms with Gasteiger partial charge in [0.2, 0.25) is 0 Å². The number of ether oxygens (including phenoxy) is 1. The predicted octanol–water partition coefficient (Wildman–Crippen LogP) is 1.47. The van der Waals surface area contributed by atoms with Gasteiger partial charge in [0.15, 0.2) is 0 Å². The molecule has 1 heterocycles. The van der Waals surface area contributed by atoms with Gasteiger partial charge in [0.05, 0.1) is 36.3 Å². The Kier molecular flexibility index (Phi) is 5.36. The van der Waals surface area contributed by atoms with Gasteiger partial charge in [-0.05, 0) is 19.1 Å². The summed E-state index contributed by atoms with van der Waals surface area (Å²) in [4.78, 5) is 24.2. The molecule has 0 amide bonds. The molecule has 0 unspecified atom stereocenters. The number of esters is 1. The number of hydrogen-bond acceptors (Lipinski definition) is 6. The first-order chi connectivity index (χ1) is 11.0. The number of hydrogen-bond donors (Lipinski definition) is 2. The molecule has 7 nitrogen and oxygen atoms in total. The van der Waals surface area contributed by atoms with Gasteiger partial charge in [0.1, 0.15) is 5.02 Å². The van der Waals surface area contributed by atoms with E-state index in [9.17, 15) is 14.7 Å². The van der Waals surface area contributed by atoms with Gasteiger partial charge in [-0.2, -0.15) is 9.78 Å². The van der Waals surface area contributed by atoms with Gasteiger partial charge in [-0.3, -0.25) is 4.79 Å². The Labute approximate surface area is 137 Å². The van der Waals surface area contributed by atoms with Crippen molar-refractivity contribution in [2.24, 2.45) is 0 Å². The van der Waals surface area contributed by atoms with Crippen LogP contribution in [0.2, 0.25) is 5.02 Å². The van der Waals surface area contributed by atoms with Gasteiger partial charge in [0.25, 0.3) is 5.56 Å². The molecule has 2 aromatic rings. The maximum atomic E-state index is 12.4. The summed E-state index contributed by atoms with van der Waals surface area (Å²) in [7, 11) is 1.26. The number of nitrogens with zero attached hydrogens (tertiary/aromatic N) is 2. The highest BCUT2D eigenvalue weighted by Gasteiger charge is 2.17. The van der Waals surface area contributed by atoms with Crippen LogP contribution in [0.4, 0.5) is 5.69 Å². The second-order valence-electron chi connectivity index (χ2n) is 4.83. The van der Waals surface area contributed by atoms with Gasteiger partial charge in [-0.1, -0.05) is 23.7 Å². The van der Waals surface area contributed by atoms with Crippen LogP contribution in [0.5, 0.6) is 0 Å². The number of methoxy groups -OCH3 is 1. The number of anilines is 1. The Morgan fingerprint density at radius 2 is 2.17 bits per heavy atom. The minimum absolute atomic E-state index is 0.0830. The van der Waals surface area contributed by atoms with Crippen LogP contribution < -0.4 is 10.9 Å². The van der Waals surface area contributed by atoms with Crippen LogP contribution in [0.1, 0.15) is 17.3 Å². The van der Waals surface area contributed by atoms with Gasteiger partial charge in [0, 0.05) is 6.54 Å². The molecule has 0 saturated carbocycles. The molecule has 0 fully saturated rings. The van der Waals surface area contributed by atoms with Crippen molar-refractivity contribution in [3.63, 3.8) is 0 Å². The number of nitrogens with one attached hydrogen (secondary N) is 1. The molecular weight excluding hydrogens is 322 g/mol. The number of rotatable bonds is 5. The number of carbonyl (C=O) groups is 1.